The number of hydrogen-bond donors (Lipinski definition) is 2. The molecular formula is C24H21N3O3. The van der Waals surface area contributed by atoms with Crippen LogP contribution in [0.2, 0.25) is 0 Å². The molecule has 6 heteroatoms. The van der Waals surface area contributed by atoms with Crippen LogP contribution in [0.4, 0.5) is 0 Å². The van der Waals surface area contributed by atoms with Gasteiger partial charge in [-0.25, -0.2) is 5.10 Å². The maximum atomic E-state index is 13.0. The summed E-state index contributed by atoms with van der Waals surface area (Å²) in [5.41, 5.74) is 2.17. The van der Waals surface area contributed by atoms with Gasteiger partial charge in [0.25, 0.3) is 5.56 Å². The van der Waals surface area contributed by atoms with Crippen LogP contribution < -0.4 is 15.6 Å². The zero-order valence-electron chi connectivity index (χ0n) is 16.5. The third kappa shape index (κ3) is 4.07. The average Bonchev–Trinajstić information content (AvgIpc) is 2.80. The van der Waals surface area contributed by atoms with Crippen molar-refractivity contribution in [1.29, 1.82) is 0 Å². The van der Waals surface area contributed by atoms with Crippen LogP contribution in [0.15, 0.2) is 83.7 Å². The van der Waals surface area contributed by atoms with Gasteiger partial charge in [0.05, 0.1) is 30.7 Å². The summed E-state index contributed by atoms with van der Waals surface area (Å²) in [5, 5.41) is 10.9. The molecule has 30 heavy (non-hydrogen) atoms. The van der Waals surface area contributed by atoms with Gasteiger partial charge in [0.2, 0.25) is 5.91 Å². The van der Waals surface area contributed by atoms with Crippen molar-refractivity contribution in [1.82, 2.24) is 15.5 Å². The van der Waals surface area contributed by atoms with E-state index in [-0.39, 0.29) is 23.9 Å². The van der Waals surface area contributed by atoms with E-state index < -0.39 is 0 Å². The number of benzene rings is 3. The number of hydrogen-bond acceptors (Lipinski definition) is 4. The molecule has 4 rings (SSSR count). The largest absolute Gasteiger partial charge is 0.497 e. The topological polar surface area (TPSA) is 84.1 Å². The highest BCUT2D eigenvalue weighted by molar-refractivity contribution is 5.88. The number of carbonyl (C=O) groups excluding carboxylic acids is 1. The van der Waals surface area contributed by atoms with E-state index in [1.807, 2.05) is 60.7 Å². The molecule has 2 N–H and O–H groups in total. The molecule has 1 heterocycles. The third-order valence-electron chi connectivity index (χ3n) is 4.99. The van der Waals surface area contributed by atoms with Crippen molar-refractivity contribution in [3.8, 4) is 5.75 Å². The van der Waals surface area contributed by atoms with Gasteiger partial charge < -0.3 is 10.1 Å². The number of ether oxygens (including phenoxy) is 1. The van der Waals surface area contributed by atoms with Crippen molar-refractivity contribution in [3.63, 3.8) is 0 Å². The first-order valence-electron chi connectivity index (χ1n) is 9.60. The summed E-state index contributed by atoms with van der Waals surface area (Å²) >= 11 is 0. The molecule has 1 amide bonds. The lowest BCUT2D eigenvalue weighted by atomic mass is 9.98. The normalized spacial score (nSPS) is 11.8. The Morgan fingerprint density at radius 3 is 2.27 bits per heavy atom. The van der Waals surface area contributed by atoms with Crippen LogP contribution in [0, 0.1) is 0 Å². The Morgan fingerprint density at radius 1 is 0.933 bits per heavy atom. The van der Waals surface area contributed by atoms with Crippen molar-refractivity contribution in [2.45, 2.75) is 12.5 Å². The first-order valence-corrected chi connectivity index (χ1v) is 9.60. The van der Waals surface area contributed by atoms with Crippen LogP contribution in [-0.2, 0) is 11.2 Å². The van der Waals surface area contributed by atoms with Crippen molar-refractivity contribution < 1.29 is 9.53 Å². The highest BCUT2D eigenvalue weighted by atomic mass is 16.5. The highest BCUT2D eigenvalue weighted by Gasteiger charge is 2.18. The number of carbonyl (C=O) groups is 1. The summed E-state index contributed by atoms with van der Waals surface area (Å²) in [7, 11) is 1.62. The summed E-state index contributed by atoms with van der Waals surface area (Å²) < 4.78 is 5.24. The monoisotopic (exact) mass is 399 g/mol. The predicted molar refractivity (Wildman–Crippen MR) is 115 cm³/mol. The van der Waals surface area contributed by atoms with Gasteiger partial charge in [0.1, 0.15) is 5.75 Å². The minimum absolute atomic E-state index is 0.0524. The van der Waals surface area contributed by atoms with E-state index in [1.165, 1.54) is 0 Å². The summed E-state index contributed by atoms with van der Waals surface area (Å²) in [4.78, 5) is 24.9. The van der Waals surface area contributed by atoms with Gasteiger partial charge in [-0.3, -0.25) is 9.59 Å². The molecule has 0 saturated carbocycles. The zero-order valence-corrected chi connectivity index (χ0v) is 16.5. The Morgan fingerprint density at radius 2 is 1.57 bits per heavy atom. The Labute approximate surface area is 173 Å². The van der Waals surface area contributed by atoms with Crippen LogP contribution >= 0.6 is 0 Å². The van der Waals surface area contributed by atoms with Gasteiger partial charge in [-0.1, -0.05) is 60.7 Å². The number of aromatic amines is 1. The van der Waals surface area contributed by atoms with E-state index in [9.17, 15) is 9.59 Å². The molecule has 150 valence electrons. The van der Waals surface area contributed by atoms with Gasteiger partial charge in [-0.2, -0.15) is 5.10 Å². The fourth-order valence-electron chi connectivity index (χ4n) is 3.47. The minimum Gasteiger partial charge on any atom is -0.497 e. The summed E-state index contributed by atoms with van der Waals surface area (Å²) in [5.74, 6) is 0.560. The number of aromatic nitrogens is 2. The fourth-order valence-corrected chi connectivity index (χ4v) is 3.47. The molecule has 1 aromatic heterocycles. The van der Waals surface area contributed by atoms with Crippen LogP contribution in [-0.4, -0.2) is 23.2 Å². The number of fused-ring (bicyclic) bond motifs is 1. The van der Waals surface area contributed by atoms with E-state index in [0.29, 0.717) is 16.5 Å². The second-order valence-electron chi connectivity index (χ2n) is 6.91. The number of rotatable bonds is 6. The Bertz CT molecular complexity index is 1220. The van der Waals surface area contributed by atoms with Gasteiger partial charge in [0, 0.05) is 5.39 Å². The smallest absolute Gasteiger partial charge is 0.272 e. The molecule has 0 bridgehead atoms. The van der Waals surface area contributed by atoms with E-state index >= 15 is 0 Å². The van der Waals surface area contributed by atoms with Gasteiger partial charge >= 0.3 is 0 Å². The van der Waals surface area contributed by atoms with Crippen molar-refractivity contribution in [3.05, 3.63) is 106 Å². The quantitative estimate of drug-likeness (QED) is 0.521. The van der Waals surface area contributed by atoms with Crippen LogP contribution in [0.3, 0.4) is 0 Å². The van der Waals surface area contributed by atoms with Crippen LogP contribution in [0.5, 0.6) is 5.75 Å². The lowest BCUT2D eigenvalue weighted by Gasteiger charge is -2.20. The van der Waals surface area contributed by atoms with Gasteiger partial charge in [-0.05, 0) is 29.3 Å². The molecule has 0 saturated heterocycles. The average molecular weight is 399 g/mol. The molecule has 0 fully saturated rings. The summed E-state index contributed by atoms with van der Waals surface area (Å²) in [6.07, 6.45) is 0.0524. The van der Waals surface area contributed by atoms with Gasteiger partial charge in [-0.15, -0.1) is 0 Å². The lowest BCUT2D eigenvalue weighted by Crippen LogP contribution is -2.31. The number of methoxy groups -OCH3 is 1. The molecule has 4 aromatic rings. The molecular weight excluding hydrogens is 378 g/mol. The first kappa shape index (κ1) is 19.4. The summed E-state index contributed by atoms with van der Waals surface area (Å²) in [6.45, 7) is 0. The van der Waals surface area contributed by atoms with E-state index in [2.05, 4.69) is 15.5 Å². The third-order valence-corrected chi connectivity index (χ3v) is 4.99. The number of amides is 1. The van der Waals surface area contributed by atoms with Crippen molar-refractivity contribution in [2.75, 3.05) is 7.11 Å². The number of H-pyrrole nitrogens is 1. The molecule has 0 aliphatic carbocycles. The maximum Gasteiger partial charge on any atom is 0.272 e. The fraction of sp³-hybridized carbons (Fsp3) is 0.125. The lowest BCUT2D eigenvalue weighted by molar-refractivity contribution is -0.121. The highest BCUT2D eigenvalue weighted by Crippen LogP contribution is 2.24. The first-order chi connectivity index (χ1) is 14.7. The van der Waals surface area contributed by atoms with E-state index in [1.54, 1.807) is 25.3 Å². The van der Waals surface area contributed by atoms with Crippen molar-refractivity contribution >= 4 is 16.7 Å². The summed E-state index contributed by atoms with van der Waals surface area (Å²) in [6, 6.07) is 24.2. The Kier molecular flexibility index (Phi) is 5.57. The second-order valence-corrected chi connectivity index (χ2v) is 6.91. The predicted octanol–water partition coefficient (Wildman–Crippen LogP) is 3.38. The van der Waals surface area contributed by atoms with Gasteiger partial charge in [0.15, 0.2) is 0 Å². The maximum absolute atomic E-state index is 13.0. The molecule has 0 aliphatic heterocycles. The molecule has 6 nitrogen and oxygen atoms in total. The SMILES string of the molecule is COc1ccc([C@@H](NC(=O)Cc2n[nH]c(=O)c3ccccc23)c2ccccc2)cc1. The standard InChI is InChI=1S/C24H21N3O3/c1-30-18-13-11-17(12-14-18)23(16-7-3-2-4-8-16)25-22(28)15-21-19-9-5-6-10-20(19)24(29)27-26-21/h2-14,23H,15H2,1H3,(H,25,28)(H,27,29)/t23-/m0/s1. The molecule has 3 aromatic carbocycles. The Balaban J connectivity index is 1.62. The van der Waals surface area contributed by atoms with Crippen LogP contribution in [0.25, 0.3) is 10.8 Å². The molecule has 0 radical (unpaired) electrons. The number of nitrogens with one attached hydrogen (secondary N) is 2. The molecule has 1 atom stereocenters. The molecule has 0 unspecified atom stereocenters. The minimum atomic E-state index is -0.321. The van der Waals surface area contributed by atoms with Crippen LogP contribution in [0.1, 0.15) is 22.9 Å². The second kappa shape index (κ2) is 8.61. The molecule has 0 aliphatic rings. The number of nitrogens with zero attached hydrogens (tertiary/aromatic N) is 1. The zero-order chi connectivity index (χ0) is 20.9. The van der Waals surface area contributed by atoms with E-state index in [4.69, 9.17) is 4.74 Å². The van der Waals surface area contributed by atoms with Crippen molar-refractivity contribution in [2.24, 2.45) is 0 Å². The van der Waals surface area contributed by atoms with E-state index in [0.717, 1.165) is 16.9 Å². The molecule has 0 spiro atoms. The Hall–Kier alpha value is -3.93.